The minimum Gasteiger partial charge on any atom is -0.488 e. The van der Waals surface area contributed by atoms with Gasteiger partial charge in [-0.15, -0.1) is 0 Å². The van der Waals surface area contributed by atoms with Gasteiger partial charge in [-0.25, -0.2) is 14.4 Å². The van der Waals surface area contributed by atoms with Crippen LogP contribution in [0.5, 0.6) is 5.75 Å². The maximum atomic E-state index is 14.2. The van der Waals surface area contributed by atoms with Gasteiger partial charge in [-0.3, -0.25) is 0 Å². The number of hydrogen-bond acceptors (Lipinski definition) is 5. The number of halogens is 1. The third kappa shape index (κ3) is 3.82. The number of ether oxygens (including phenoxy) is 2. The molecule has 1 unspecified atom stereocenters. The summed E-state index contributed by atoms with van der Waals surface area (Å²) >= 11 is 0. The first-order valence-corrected chi connectivity index (χ1v) is 8.24. The van der Waals surface area contributed by atoms with Gasteiger partial charge < -0.3 is 14.8 Å². The van der Waals surface area contributed by atoms with Gasteiger partial charge in [0.05, 0.1) is 18.9 Å². The second-order valence-corrected chi connectivity index (χ2v) is 5.90. The lowest BCUT2D eigenvalue weighted by atomic mass is 10.1. The summed E-state index contributed by atoms with van der Waals surface area (Å²) in [5, 5.41) is 3.05. The van der Waals surface area contributed by atoms with Gasteiger partial charge in [-0.1, -0.05) is 19.1 Å². The summed E-state index contributed by atoms with van der Waals surface area (Å²) < 4.78 is 25.7. The highest BCUT2D eigenvalue weighted by atomic mass is 19.1. The molecular weight excluding hydrogens is 309 g/mol. The molecule has 2 heterocycles. The lowest BCUT2D eigenvalue weighted by Gasteiger charge is -2.17. The molecule has 1 saturated heterocycles. The van der Waals surface area contributed by atoms with Crippen molar-refractivity contribution in [2.45, 2.75) is 39.3 Å². The van der Waals surface area contributed by atoms with Crippen molar-refractivity contribution in [1.82, 2.24) is 9.97 Å². The molecule has 1 N–H and O–H groups in total. The van der Waals surface area contributed by atoms with Crippen LogP contribution in [0, 0.1) is 12.7 Å². The Morgan fingerprint density at radius 2 is 2.25 bits per heavy atom. The number of nitrogens with one attached hydrogen (secondary N) is 1. The minimum absolute atomic E-state index is 0.0769. The number of rotatable bonds is 6. The fourth-order valence-corrected chi connectivity index (χ4v) is 2.66. The van der Waals surface area contributed by atoms with Crippen LogP contribution in [0.4, 0.5) is 10.2 Å². The number of hydrogen-bond donors (Lipinski definition) is 1. The molecule has 24 heavy (non-hydrogen) atoms. The van der Waals surface area contributed by atoms with Crippen LogP contribution < -0.4 is 10.1 Å². The highest BCUT2D eigenvalue weighted by Crippen LogP contribution is 2.25. The van der Waals surface area contributed by atoms with Crippen LogP contribution in [0.25, 0.3) is 0 Å². The largest absolute Gasteiger partial charge is 0.488 e. The van der Waals surface area contributed by atoms with E-state index < -0.39 is 5.82 Å². The Bertz CT molecular complexity index is 703. The molecule has 0 aliphatic carbocycles. The standard InChI is InChI=1S/C18H22FN3O2/c1-3-15-17(19)18(22-11-21-15)20-9-13-5-4-12(2)8-16(13)24-14-6-7-23-10-14/h4-5,8,11,14H,3,6-7,9-10H2,1-2H3,(H,20,21,22). The van der Waals surface area contributed by atoms with Gasteiger partial charge in [0.15, 0.2) is 11.6 Å². The molecule has 3 rings (SSSR count). The first-order chi connectivity index (χ1) is 11.7. The smallest absolute Gasteiger partial charge is 0.186 e. The molecular formula is C18H22FN3O2. The Balaban J connectivity index is 1.75. The van der Waals surface area contributed by atoms with Crippen LogP contribution in [-0.4, -0.2) is 29.3 Å². The number of nitrogens with zero attached hydrogens (tertiary/aromatic N) is 2. The van der Waals surface area contributed by atoms with Crippen LogP contribution in [0.1, 0.15) is 30.2 Å². The SMILES string of the molecule is CCc1ncnc(NCc2ccc(C)cc2OC2CCOC2)c1F. The van der Waals surface area contributed by atoms with Crippen molar-refractivity contribution in [3.63, 3.8) is 0 Å². The maximum Gasteiger partial charge on any atom is 0.186 e. The van der Waals surface area contributed by atoms with Crippen molar-refractivity contribution in [3.05, 3.63) is 47.2 Å². The molecule has 2 aromatic rings. The van der Waals surface area contributed by atoms with Crippen LogP contribution in [0.3, 0.4) is 0 Å². The monoisotopic (exact) mass is 331 g/mol. The normalized spacial score (nSPS) is 17.0. The van der Waals surface area contributed by atoms with Gasteiger partial charge in [0.25, 0.3) is 0 Å². The molecule has 1 aromatic heterocycles. The molecule has 0 spiro atoms. The summed E-state index contributed by atoms with van der Waals surface area (Å²) in [7, 11) is 0. The maximum absolute atomic E-state index is 14.2. The zero-order valence-electron chi connectivity index (χ0n) is 14.0. The van der Waals surface area contributed by atoms with Crippen LogP contribution in [0.2, 0.25) is 0 Å². The van der Waals surface area contributed by atoms with E-state index in [0.717, 1.165) is 29.9 Å². The van der Waals surface area contributed by atoms with Crippen molar-refractivity contribution in [2.24, 2.45) is 0 Å². The molecule has 0 radical (unpaired) electrons. The van der Waals surface area contributed by atoms with E-state index in [-0.39, 0.29) is 11.9 Å². The highest BCUT2D eigenvalue weighted by Gasteiger charge is 2.19. The van der Waals surface area contributed by atoms with E-state index in [9.17, 15) is 4.39 Å². The van der Waals surface area contributed by atoms with Gasteiger partial charge in [0.2, 0.25) is 0 Å². The van der Waals surface area contributed by atoms with Crippen molar-refractivity contribution in [3.8, 4) is 5.75 Å². The van der Waals surface area contributed by atoms with Gasteiger partial charge in [-0.2, -0.15) is 0 Å². The van der Waals surface area contributed by atoms with Gasteiger partial charge in [-0.05, 0) is 25.0 Å². The summed E-state index contributed by atoms with van der Waals surface area (Å²) in [5.74, 6) is 0.638. The number of anilines is 1. The molecule has 0 amide bonds. The van der Waals surface area contributed by atoms with Crippen molar-refractivity contribution in [2.75, 3.05) is 18.5 Å². The van der Waals surface area contributed by atoms with Crippen molar-refractivity contribution < 1.29 is 13.9 Å². The molecule has 1 atom stereocenters. The quantitative estimate of drug-likeness (QED) is 0.880. The molecule has 1 aromatic carbocycles. The van der Waals surface area contributed by atoms with E-state index in [1.807, 2.05) is 32.0 Å². The predicted octanol–water partition coefficient (Wildman–Crippen LogP) is 3.27. The molecule has 0 saturated carbocycles. The first kappa shape index (κ1) is 16.6. The number of benzene rings is 1. The third-order valence-electron chi connectivity index (χ3n) is 4.05. The van der Waals surface area contributed by atoms with Gasteiger partial charge in [0, 0.05) is 18.5 Å². The Kier molecular flexibility index (Phi) is 5.25. The fourth-order valence-electron chi connectivity index (χ4n) is 2.66. The van der Waals surface area contributed by atoms with E-state index in [1.54, 1.807) is 0 Å². The molecule has 1 aliphatic heterocycles. The van der Waals surface area contributed by atoms with E-state index in [4.69, 9.17) is 9.47 Å². The molecule has 1 aliphatic rings. The Morgan fingerprint density at radius 1 is 1.38 bits per heavy atom. The highest BCUT2D eigenvalue weighted by molar-refractivity contribution is 5.43. The van der Waals surface area contributed by atoms with E-state index in [0.29, 0.717) is 25.3 Å². The Hall–Kier alpha value is -2.21. The molecule has 5 nitrogen and oxygen atoms in total. The van der Waals surface area contributed by atoms with Crippen molar-refractivity contribution in [1.29, 1.82) is 0 Å². The van der Waals surface area contributed by atoms with Crippen LogP contribution in [0.15, 0.2) is 24.5 Å². The predicted molar refractivity (Wildman–Crippen MR) is 89.7 cm³/mol. The summed E-state index contributed by atoms with van der Waals surface area (Å²) in [6.07, 6.45) is 2.88. The van der Waals surface area contributed by atoms with Gasteiger partial charge in [0.1, 0.15) is 18.2 Å². The topological polar surface area (TPSA) is 56.3 Å². The zero-order valence-corrected chi connectivity index (χ0v) is 14.0. The van der Waals surface area contributed by atoms with Gasteiger partial charge >= 0.3 is 0 Å². The first-order valence-electron chi connectivity index (χ1n) is 8.24. The van der Waals surface area contributed by atoms with Crippen LogP contribution in [-0.2, 0) is 17.7 Å². The summed E-state index contributed by atoms with van der Waals surface area (Å²) in [5.41, 5.74) is 2.49. The Morgan fingerprint density at radius 3 is 3.00 bits per heavy atom. The average Bonchev–Trinajstić information content (AvgIpc) is 3.08. The molecule has 128 valence electrons. The van der Waals surface area contributed by atoms with E-state index in [2.05, 4.69) is 15.3 Å². The second kappa shape index (κ2) is 7.57. The number of aromatic nitrogens is 2. The van der Waals surface area contributed by atoms with E-state index in [1.165, 1.54) is 6.33 Å². The average molecular weight is 331 g/mol. The lowest BCUT2D eigenvalue weighted by Crippen LogP contribution is -2.17. The van der Waals surface area contributed by atoms with E-state index >= 15 is 0 Å². The fraction of sp³-hybridized carbons (Fsp3) is 0.444. The molecule has 0 bridgehead atoms. The minimum atomic E-state index is -0.390. The third-order valence-corrected chi connectivity index (χ3v) is 4.05. The summed E-state index contributed by atoms with van der Waals surface area (Å²) in [6.45, 7) is 5.66. The second-order valence-electron chi connectivity index (χ2n) is 5.90. The Labute approximate surface area is 141 Å². The zero-order chi connectivity index (χ0) is 16.9. The summed E-state index contributed by atoms with van der Waals surface area (Å²) in [4.78, 5) is 7.94. The lowest BCUT2D eigenvalue weighted by molar-refractivity contribution is 0.140. The number of aryl methyl sites for hydroxylation is 2. The molecule has 6 heteroatoms. The molecule has 1 fully saturated rings. The summed E-state index contributed by atoms with van der Waals surface area (Å²) in [6, 6.07) is 6.01. The van der Waals surface area contributed by atoms with Crippen LogP contribution >= 0.6 is 0 Å². The van der Waals surface area contributed by atoms with Crippen molar-refractivity contribution >= 4 is 5.82 Å².